The molecule has 0 radical (unpaired) electrons. The van der Waals surface area contributed by atoms with E-state index in [0.29, 0.717) is 23.6 Å². The molecule has 1 N–H and O–H groups in total. The number of hydrogen-bond donors (Lipinski definition) is 1. The lowest BCUT2D eigenvalue weighted by atomic mass is 9.90. The molecule has 2 atom stereocenters. The Morgan fingerprint density at radius 3 is 2.92 bits per heavy atom. The van der Waals surface area contributed by atoms with Gasteiger partial charge in [-0.25, -0.2) is 9.18 Å². The zero-order valence-electron chi connectivity index (χ0n) is 13.7. The van der Waals surface area contributed by atoms with Gasteiger partial charge in [0.2, 0.25) is 0 Å². The highest BCUT2D eigenvalue weighted by molar-refractivity contribution is 6.31. The topological polar surface area (TPSA) is 50.8 Å². The van der Waals surface area contributed by atoms with Crippen molar-refractivity contribution in [1.29, 1.82) is 0 Å². The third-order valence-corrected chi connectivity index (χ3v) is 4.93. The summed E-state index contributed by atoms with van der Waals surface area (Å²) in [4.78, 5) is 14.2. The van der Waals surface area contributed by atoms with Gasteiger partial charge >= 0.3 is 6.03 Å². The Balaban J connectivity index is 1.82. The highest BCUT2D eigenvalue weighted by atomic mass is 35.5. The SMILES string of the molecule is COc1cccc2c1OC1(C)CC2NC(=O)N1c1ccc(F)c(Cl)c1. The van der Waals surface area contributed by atoms with Gasteiger partial charge in [0.1, 0.15) is 5.82 Å². The van der Waals surface area contributed by atoms with Gasteiger partial charge in [0.15, 0.2) is 17.2 Å². The van der Waals surface area contributed by atoms with Gasteiger partial charge in [-0.05, 0) is 31.2 Å². The van der Waals surface area contributed by atoms with Crippen molar-refractivity contribution in [3.05, 3.63) is 52.8 Å². The molecule has 5 nitrogen and oxygen atoms in total. The van der Waals surface area contributed by atoms with Gasteiger partial charge in [-0.3, -0.25) is 4.90 Å². The van der Waals surface area contributed by atoms with Crippen LogP contribution in [0, 0.1) is 5.82 Å². The second-order valence-corrected chi connectivity index (χ2v) is 6.70. The van der Waals surface area contributed by atoms with Crippen molar-refractivity contribution in [2.45, 2.75) is 25.1 Å². The number of urea groups is 1. The lowest BCUT2D eigenvalue weighted by Gasteiger charge is -2.50. The zero-order valence-corrected chi connectivity index (χ0v) is 14.4. The normalized spacial score (nSPS) is 24.2. The highest BCUT2D eigenvalue weighted by Crippen LogP contribution is 2.49. The zero-order chi connectivity index (χ0) is 17.8. The summed E-state index contributed by atoms with van der Waals surface area (Å²) in [6, 6.07) is 9.23. The molecule has 2 heterocycles. The van der Waals surface area contributed by atoms with Gasteiger partial charge in [-0.1, -0.05) is 23.7 Å². The number of hydrogen-bond acceptors (Lipinski definition) is 3. The molecule has 0 aliphatic carbocycles. The van der Waals surface area contributed by atoms with Crippen LogP contribution < -0.4 is 19.7 Å². The molecule has 2 amide bonds. The summed E-state index contributed by atoms with van der Waals surface area (Å²) in [6.07, 6.45) is 0.536. The molecule has 25 heavy (non-hydrogen) atoms. The summed E-state index contributed by atoms with van der Waals surface area (Å²) < 4.78 is 25.1. The fourth-order valence-corrected chi connectivity index (χ4v) is 3.71. The fourth-order valence-electron chi connectivity index (χ4n) is 3.54. The summed E-state index contributed by atoms with van der Waals surface area (Å²) >= 11 is 5.89. The van der Waals surface area contributed by atoms with Crippen LogP contribution in [-0.4, -0.2) is 18.9 Å². The first-order valence-corrected chi connectivity index (χ1v) is 8.22. The van der Waals surface area contributed by atoms with Crippen molar-refractivity contribution in [3.8, 4) is 11.5 Å². The standard InChI is InChI=1S/C18H16ClFN2O3/c1-18-9-14(11-4-3-5-15(24-2)16(11)25-18)21-17(23)22(18)10-6-7-13(20)12(19)8-10/h3-8,14H,9H2,1-2H3,(H,21,23). The first-order valence-electron chi connectivity index (χ1n) is 7.84. The van der Waals surface area contributed by atoms with Gasteiger partial charge < -0.3 is 14.8 Å². The average molecular weight is 363 g/mol. The number of carbonyl (C=O) groups excluding carboxylic acids is 1. The fraction of sp³-hybridized carbons (Fsp3) is 0.278. The molecular weight excluding hydrogens is 347 g/mol. The van der Waals surface area contributed by atoms with Crippen LogP contribution in [0.4, 0.5) is 14.9 Å². The summed E-state index contributed by atoms with van der Waals surface area (Å²) in [5.41, 5.74) is 0.389. The number of para-hydroxylation sites is 1. The van der Waals surface area contributed by atoms with E-state index < -0.39 is 11.5 Å². The van der Waals surface area contributed by atoms with Crippen LogP contribution in [0.15, 0.2) is 36.4 Å². The first kappa shape index (κ1) is 16.0. The molecule has 7 heteroatoms. The van der Waals surface area contributed by atoms with Crippen molar-refractivity contribution in [3.63, 3.8) is 0 Å². The van der Waals surface area contributed by atoms with Crippen LogP contribution >= 0.6 is 11.6 Å². The van der Waals surface area contributed by atoms with Crippen molar-refractivity contribution in [2.75, 3.05) is 12.0 Å². The average Bonchev–Trinajstić information content (AvgIpc) is 2.57. The number of ether oxygens (including phenoxy) is 2. The van der Waals surface area contributed by atoms with Gasteiger partial charge in [0.25, 0.3) is 0 Å². The smallest absolute Gasteiger partial charge is 0.325 e. The number of halogens is 2. The molecule has 2 aromatic carbocycles. The first-order chi connectivity index (χ1) is 11.9. The molecule has 2 aromatic rings. The maximum Gasteiger partial charge on any atom is 0.325 e. The number of benzene rings is 2. The quantitative estimate of drug-likeness (QED) is 0.868. The Kier molecular flexibility index (Phi) is 3.54. The van der Waals surface area contributed by atoms with Crippen molar-refractivity contribution < 1.29 is 18.7 Å². The number of nitrogens with zero attached hydrogens (tertiary/aromatic N) is 1. The predicted molar refractivity (Wildman–Crippen MR) is 91.8 cm³/mol. The number of amides is 2. The van der Waals surface area contributed by atoms with Crippen LogP contribution in [0.5, 0.6) is 11.5 Å². The maximum atomic E-state index is 13.5. The molecular formula is C18H16ClFN2O3. The lowest BCUT2D eigenvalue weighted by molar-refractivity contribution is 0.0349. The van der Waals surface area contributed by atoms with Gasteiger partial charge in [0, 0.05) is 12.0 Å². The second-order valence-electron chi connectivity index (χ2n) is 6.30. The van der Waals surface area contributed by atoms with E-state index in [0.717, 1.165) is 5.56 Å². The molecule has 1 saturated heterocycles. The largest absolute Gasteiger partial charge is 0.493 e. The molecule has 2 bridgehead atoms. The Hall–Kier alpha value is -2.47. The number of nitrogens with one attached hydrogen (secondary N) is 1. The van der Waals surface area contributed by atoms with Crippen LogP contribution in [0.2, 0.25) is 5.02 Å². The van der Waals surface area contributed by atoms with E-state index in [1.54, 1.807) is 7.11 Å². The van der Waals surface area contributed by atoms with E-state index in [2.05, 4.69) is 5.32 Å². The Labute approximate surface area is 149 Å². The molecule has 130 valence electrons. The molecule has 2 aliphatic rings. The summed E-state index contributed by atoms with van der Waals surface area (Å²) in [7, 11) is 1.57. The second kappa shape index (κ2) is 5.52. The third-order valence-electron chi connectivity index (χ3n) is 4.64. The third kappa shape index (κ3) is 2.40. The summed E-state index contributed by atoms with van der Waals surface area (Å²) in [5, 5.41) is 2.93. The van der Waals surface area contributed by atoms with Crippen LogP contribution in [0.3, 0.4) is 0 Å². The van der Waals surface area contributed by atoms with E-state index in [1.165, 1.54) is 23.1 Å². The van der Waals surface area contributed by atoms with Crippen molar-refractivity contribution in [1.82, 2.24) is 5.32 Å². The Bertz CT molecular complexity index is 875. The molecule has 4 rings (SSSR count). The number of carbonyl (C=O) groups is 1. The van der Waals surface area contributed by atoms with Crippen LogP contribution in [0.1, 0.15) is 24.9 Å². The molecule has 0 saturated carbocycles. The monoisotopic (exact) mass is 362 g/mol. The number of anilines is 1. The van der Waals surface area contributed by atoms with Gasteiger partial charge in [-0.15, -0.1) is 0 Å². The minimum atomic E-state index is -0.949. The number of rotatable bonds is 2. The Morgan fingerprint density at radius 2 is 2.20 bits per heavy atom. The minimum absolute atomic E-state index is 0.0511. The number of fused-ring (bicyclic) bond motifs is 4. The lowest BCUT2D eigenvalue weighted by Crippen LogP contribution is -2.65. The minimum Gasteiger partial charge on any atom is -0.493 e. The van der Waals surface area contributed by atoms with E-state index in [4.69, 9.17) is 21.1 Å². The molecule has 1 fully saturated rings. The molecule has 0 spiro atoms. The molecule has 0 aromatic heterocycles. The van der Waals surface area contributed by atoms with E-state index in [9.17, 15) is 9.18 Å². The Morgan fingerprint density at radius 1 is 1.40 bits per heavy atom. The number of methoxy groups -OCH3 is 1. The van der Waals surface area contributed by atoms with Gasteiger partial charge in [0.05, 0.1) is 23.9 Å². The van der Waals surface area contributed by atoms with Crippen molar-refractivity contribution >= 4 is 23.3 Å². The summed E-state index contributed by atoms with van der Waals surface area (Å²) in [6.45, 7) is 1.82. The van der Waals surface area contributed by atoms with E-state index >= 15 is 0 Å². The van der Waals surface area contributed by atoms with Crippen molar-refractivity contribution in [2.24, 2.45) is 0 Å². The summed E-state index contributed by atoms with van der Waals surface area (Å²) in [5.74, 6) is 0.658. The molecule has 2 aliphatic heterocycles. The predicted octanol–water partition coefficient (Wildman–Crippen LogP) is 4.26. The van der Waals surface area contributed by atoms with Crippen LogP contribution in [-0.2, 0) is 0 Å². The van der Waals surface area contributed by atoms with Crippen LogP contribution in [0.25, 0.3) is 0 Å². The maximum absolute atomic E-state index is 13.5. The highest BCUT2D eigenvalue weighted by Gasteiger charge is 2.50. The van der Waals surface area contributed by atoms with E-state index in [1.807, 2.05) is 25.1 Å². The van der Waals surface area contributed by atoms with Gasteiger partial charge in [-0.2, -0.15) is 0 Å². The molecule has 2 unspecified atom stereocenters. The van der Waals surface area contributed by atoms with E-state index in [-0.39, 0.29) is 17.1 Å².